The van der Waals surface area contributed by atoms with E-state index in [1.165, 1.54) is 30.5 Å². The monoisotopic (exact) mass is 562 g/mol. The molecule has 1 aliphatic carbocycles. The number of benzene rings is 1. The number of aromatic nitrogens is 5. The average Bonchev–Trinajstić information content (AvgIpc) is 3.58. The van der Waals surface area contributed by atoms with Gasteiger partial charge in [0.2, 0.25) is 0 Å². The number of hydrogen-bond acceptors (Lipinski definition) is 8. The predicted molar refractivity (Wildman–Crippen MR) is 154 cm³/mol. The molecule has 1 fully saturated rings. The van der Waals surface area contributed by atoms with Gasteiger partial charge in [0.05, 0.1) is 52.6 Å². The van der Waals surface area contributed by atoms with Crippen molar-refractivity contribution in [3.63, 3.8) is 0 Å². The first-order valence-corrected chi connectivity index (χ1v) is 14.4. The second-order valence-electron chi connectivity index (χ2n) is 10.9. The summed E-state index contributed by atoms with van der Waals surface area (Å²) in [5.74, 6) is 2.65. The van der Waals surface area contributed by atoms with Crippen molar-refractivity contribution < 1.29 is 14.4 Å². The van der Waals surface area contributed by atoms with Crippen LogP contribution in [0.3, 0.4) is 0 Å². The molecule has 4 heterocycles. The zero-order valence-electron chi connectivity index (χ0n) is 23.4. The molecule has 10 heteroatoms. The number of rotatable bonds is 9. The molecule has 0 spiro atoms. The van der Waals surface area contributed by atoms with Crippen molar-refractivity contribution in [1.29, 1.82) is 0 Å². The van der Waals surface area contributed by atoms with Gasteiger partial charge in [-0.3, -0.25) is 4.68 Å². The summed E-state index contributed by atoms with van der Waals surface area (Å²) in [5, 5.41) is 19.6. The molecule has 1 atom stereocenters. The van der Waals surface area contributed by atoms with E-state index in [9.17, 15) is 5.11 Å². The highest BCUT2D eigenvalue weighted by molar-refractivity contribution is 6.33. The quantitative estimate of drug-likeness (QED) is 0.251. The maximum Gasteiger partial charge on any atom is 0.163 e. The molecule has 0 saturated heterocycles. The molecule has 1 saturated carbocycles. The van der Waals surface area contributed by atoms with E-state index in [0.29, 0.717) is 40.4 Å². The Labute approximate surface area is 239 Å². The summed E-state index contributed by atoms with van der Waals surface area (Å²) in [6, 6.07) is 5.94. The minimum Gasteiger partial charge on any atom is -0.491 e. The lowest BCUT2D eigenvalue weighted by molar-refractivity contribution is 0.0994. The van der Waals surface area contributed by atoms with Gasteiger partial charge in [-0.05, 0) is 64.7 Å². The Morgan fingerprint density at radius 2 is 2.00 bits per heavy atom. The molecule has 4 aromatic rings. The minimum absolute atomic E-state index is 0.212. The highest BCUT2D eigenvalue weighted by atomic mass is 35.5. The van der Waals surface area contributed by atoms with E-state index in [0.717, 1.165) is 47.8 Å². The third-order valence-corrected chi connectivity index (χ3v) is 8.37. The van der Waals surface area contributed by atoms with Crippen LogP contribution in [0.15, 0.2) is 28.9 Å². The molecular weight excluding hydrogens is 528 g/mol. The van der Waals surface area contributed by atoms with Crippen LogP contribution in [0.4, 0.5) is 5.82 Å². The Balaban J connectivity index is 1.41. The van der Waals surface area contributed by atoms with Gasteiger partial charge >= 0.3 is 0 Å². The van der Waals surface area contributed by atoms with Crippen molar-refractivity contribution in [2.75, 3.05) is 11.5 Å². The van der Waals surface area contributed by atoms with Crippen LogP contribution in [-0.4, -0.2) is 42.7 Å². The van der Waals surface area contributed by atoms with Crippen molar-refractivity contribution in [3.8, 4) is 28.4 Å². The molecule has 0 amide bonds. The van der Waals surface area contributed by atoms with Crippen LogP contribution in [0.1, 0.15) is 73.3 Å². The number of aliphatic hydroxyl groups is 1. The minimum atomic E-state index is -0.523. The van der Waals surface area contributed by atoms with Crippen LogP contribution >= 0.6 is 11.6 Å². The summed E-state index contributed by atoms with van der Waals surface area (Å²) in [4.78, 5) is 12.4. The molecule has 0 bridgehead atoms. The molecular formula is C30H35ClN6O3. The standard InChI is InChI=1S/C30H35ClN6O3/c1-5-7-22(38)16-39-23-10-11-25(31)24(12-23)29-33-28(27-18(3)35-40-19(27)4)17(2)30(34-29)36-14-20-13-32-37(26(20)15-36)21-8-6-9-21/h10-13,21-22,38H,5-9,14-16H2,1-4H3/t22-/m1/s1. The normalized spacial score (nSPS) is 15.8. The highest BCUT2D eigenvalue weighted by Crippen LogP contribution is 2.40. The Morgan fingerprint density at radius 3 is 2.70 bits per heavy atom. The van der Waals surface area contributed by atoms with Crippen LogP contribution in [0.5, 0.6) is 5.75 Å². The molecule has 0 unspecified atom stereocenters. The lowest BCUT2D eigenvalue weighted by atomic mass is 9.93. The molecule has 9 nitrogen and oxygen atoms in total. The lowest BCUT2D eigenvalue weighted by Gasteiger charge is -2.28. The van der Waals surface area contributed by atoms with E-state index in [2.05, 4.69) is 21.7 Å². The first-order chi connectivity index (χ1) is 19.3. The highest BCUT2D eigenvalue weighted by Gasteiger charge is 2.32. The van der Waals surface area contributed by atoms with Gasteiger partial charge in [0.25, 0.3) is 0 Å². The first kappa shape index (κ1) is 26.8. The molecule has 0 radical (unpaired) electrons. The van der Waals surface area contributed by atoms with Gasteiger partial charge in [-0.1, -0.05) is 30.1 Å². The molecule has 3 aromatic heterocycles. The number of aliphatic hydroxyl groups excluding tert-OH is 1. The molecule has 2 aliphatic rings. The van der Waals surface area contributed by atoms with Crippen LogP contribution < -0.4 is 9.64 Å². The van der Waals surface area contributed by atoms with E-state index < -0.39 is 6.10 Å². The van der Waals surface area contributed by atoms with Crippen molar-refractivity contribution in [3.05, 3.63) is 57.7 Å². The largest absolute Gasteiger partial charge is 0.491 e. The Morgan fingerprint density at radius 1 is 1.18 bits per heavy atom. The van der Waals surface area contributed by atoms with E-state index in [1.54, 1.807) is 12.1 Å². The fourth-order valence-electron chi connectivity index (χ4n) is 5.64. The second-order valence-corrected chi connectivity index (χ2v) is 11.3. The summed E-state index contributed by atoms with van der Waals surface area (Å²) in [6.45, 7) is 9.59. The molecule has 210 valence electrons. The fourth-order valence-corrected chi connectivity index (χ4v) is 5.84. The SMILES string of the molecule is CCC[C@@H](O)COc1ccc(Cl)c(-c2nc(-c3c(C)noc3C)c(C)c(N3Cc4cnn(C5CCC5)c4C3)n2)c1. The summed E-state index contributed by atoms with van der Waals surface area (Å²) >= 11 is 6.73. The fraction of sp³-hybridized carbons (Fsp3) is 0.467. The number of nitrogens with zero attached hydrogens (tertiary/aromatic N) is 6. The summed E-state index contributed by atoms with van der Waals surface area (Å²) in [5.41, 5.74) is 6.54. The van der Waals surface area contributed by atoms with Crippen molar-refractivity contribution >= 4 is 17.4 Å². The third-order valence-electron chi connectivity index (χ3n) is 8.04. The average molecular weight is 563 g/mol. The third kappa shape index (κ3) is 4.86. The predicted octanol–water partition coefficient (Wildman–Crippen LogP) is 6.36. The van der Waals surface area contributed by atoms with Crippen molar-refractivity contribution in [1.82, 2.24) is 24.9 Å². The topological polar surface area (TPSA) is 102 Å². The number of hydrogen-bond donors (Lipinski definition) is 1. The maximum atomic E-state index is 10.2. The van der Waals surface area contributed by atoms with Gasteiger partial charge < -0.3 is 19.3 Å². The Kier molecular flexibility index (Phi) is 7.27. The second kappa shape index (κ2) is 10.9. The Hall–Kier alpha value is -3.43. The smallest absolute Gasteiger partial charge is 0.163 e. The Bertz CT molecular complexity index is 1520. The van der Waals surface area contributed by atoms with E-state index in [1.807, 2.05) is 33.0 Å². The van der Waals surface area contributed by atoms with Crippen LogP contribution in [0.25, 0.3) is 22.6 Å². The van der Waals surface area contributed by atoms with Gasteiger partial charge in [-0.2, -0.15) is 5.10 Å². The molecule has 1 N–H and O–H groups in total. The zero-order valence-corrected chi connectivity index (χ0v) is 24.2. The van der Waals surface area contributed by atoms with Gasteiger partial charge in [-0.15, -0.1) is 0 Å². The van der Waals surface area contributed by atoms with Gasteiger partial charge in [-0.25, -0.2) is 9.97 Å². The number of fused-ring (bicyclic) bond motifs is 1. The maximum absolute atomic E-state index is 10.2. The number of aryl methyl sites for hydroxylation is 2. The van der Waals surface area contributed by atoms with Gasteiger partial charge in [0.1, 0.15) is 23.9 Å². The summed E-state index contributed by atoms with van der Waals surface area (Å²) in [6.07, 6.45) is 6.69. The first-order valence-electron chi connectivity index (χ1n) is 14.1. The lowest BCUT2D eigenvalue weighted by Crippen LogP contribution is -2.23. The van der Waals surface area contributed by atoms with Gasteiger partial charge in [0.15, 0.2) is 5.82 Å². The number of halogens is 1. The summed E-state index contributed by atoms with van der Waals surface area (Å²) < 4.78 is 13.7. The molecule has 40 heavy (non-hydrogen) atoms. The van der Waals surface area contributed by atoms with E-state index in [-0.39, 0.29) is 6.61 Å². The zero-order chi connectivity index (χ0) is 28.0. The van der Waals surface area contributed by atoms with E-state index >= 15 is 0 Å². The van der Waals surface area contributed by atoms with Crippen LogP contribution in [0, 0.1) is 20.8 Å². The molecule has 6 rings (SSSR count). The number of anilines is 1. The molecule has 1 aliphatic heterocycles. The van der Waals surface area contributed by atoms with Gasteiger partial charge in [0, 0.05) is 23.2 Å². The van der Waals surface area contributed by atoms with Crippen LogP contribution in [-0.2, 0) is 13.1 Å². The van der Waals surface area contributed by atoms with Crippen molar-refractivity contribution in [2.24, 2.45) is 0 Å². The molecule has 1 aromatic carbocycles. The van der Waals surface area contributed by atoms with Crippen LogP contribution in [0.2, 0.25) is 5.02 Å². The summed E-state index contributed by atoms with van der Waals surface area (Å²) in [7, 11) is 0. The van der Waals surface area contributed by atoms with E-state index in [4.69, 9.17) is 35.9 Å². The number of ether oxygens (including phenoxy) is 1. The van der Waals surface area contributed by atoms with Crippen molar-refractivity contribution in [2.45, 2.75) is 85.0 Å².